The molecule has 0 fully saturated rings. The number of hydrogen-bond donors (Lipinski definition) is 3. The second-order valence-electron chi connectivity index (χ2n) is 5.62. The molecule has 6 heteroatoms. The highest BCUT2D eigenvalue weighted by atomic mass is 32.1. The fraction of sp³-hybridized carbons (Fsp3) is 0.714. The van der Waals surface area contributed by atoms with Crippen LogP contribution < -0.4 is 10.6 Å². The highest BCUT2D eigenvalue weighted by Gasteiger charge is 2.25. The Morgan fingerprint density at radius 1 is 1.40 bits per heavy atom. The fourth-order valence-corrected chi connectivity index (χ4v) is 2.39. The SMILES string of the molecule is Cc1nc(CCNC(=O)NCC(C)(O)C(C)C)sc1C. The third-order valence-corrected chi connectivity index (χ3v) is 4.68. The van der Waals surface area contributed by atoms with Crippen LogP contribution >= 0.6 is 11.3 Å². The lowest BCUT2D eigenvalue weighted by Gasteiger charge is -2.27. The summed E-state index contributed by atoms with van der Waals surface area (Å²) in [5.41, 5.74) is 0.170. The van der Waals surface area contributed by atoms with Crippen LogP contribution in [0, 0.1) is 19.8 Å². The maximum atomic E-state index is 11.6. The third kappa shape index (κ3) is 5.09. The number of aromatic nitrogens is 1. The van der Waals surface area contributed by atoms with E-state index in [2.05, 4.69) is 15.6 Å². The topological polar surface area (TPSA) is 74.2 Å². The van der Waals surface area contributed by atoms with Crippen LogP contribution in [-0.4, -0.2) is 34.8 Å². The van der Waals surface area contributed by atoms with Crippen LogP contribution in [0.1, 0.15) is 36.3 Å². The Balaban J connectivity index is 2.27. The number of amides is 2. The number of aryl methyl sites for hydroxylation is 2. The van der Waals surface area contributed by atoms with Gasteiger partial charge in [0.2, 0.25) is 0 Å². The predicted octanol–water partition coefficient (Wildman–Crippen LogP) is 2.01. The zero-order valence-corrected chi connectivity index (χ0v) is 13.7. The maximum Gasteiger partial charge on any atom is 0.314 e. The van der Waals surface area contributed by atoms with Crippen LogP contribution in [0.4, 0.5) is 4.79 Å². The Hall–Kier alpha value is -1.14. The van der Waals surface area contributed by atoms with Gasteiger partial charge in [0.1, 0.15) is 0 Å². The first-order valence-corrected chi connectivity index (χ1v) is 7.71. The zero-order chi connectivity index (χ0) is 15.3. The lowest BCUT2D eigenvalue weighted by atomic mass is 9.93. The van der Waals surface area contributed by atoms with E-state index in [-0.39, 0.29) is 18.5 Å². The Morgan fingerprint density at radius 2 is 2.05 bits per heavy atom. The van der Waals surface area contributed by atoms with Crippen molar-refractivity contribution in [1.82, 2.24) is 15.6 Å². The van der Waals surface area contributed by atoms with Crippen molar-refractivity contribution in [2.75, 3.05) is 13.1 Å². The van der Waals surface area contributed by atoms with Gasteiger partial charge in [-0.2, -0.15) is 0 Å². The van der Waals surface area contributed by atoms with E-state index < -0.39 is 5.60 Å². The molecule has 0 radical (unpaired) electrons. The van der Waals surface area contributed by atoms with Gasteiger partial charge in [0.15, 0.2) is 0 Å². The molecule has 0 aliphatic carbocycles. The maximum absolute atomic E-state index is 11.6. The third-order valence-electron chi connectivity index (χ3n) is 3.55. The van der Waals surface area contributed by atoms with Crippen LogP contribution in [-0.2, 0) is 6.42 Å². The molecule has 1 unspecified atom stereocenters. The lowest BCUT2D eigenvalue weighted by molar-refractivity contribution is 0.0166. The van der Waals surface area contributed by atoms with Gasteiger partial charge in [-0.15, -0.1) is 11.3 Å². The van der Waals surface area contributed by atoms with Gasteiger partial charge in [-0.25, -0.2) is 9.78 Å². The summed E-state index contributed by atoms with van der Waals surface area (Å²) in [6.45, 7) is 10.4. The molecule has 20 heavy (non-hydrogen) atoms. The van der Waals surface area contributed by atoms with Crippen molar-refractivity contribution in [2.24, 2.45) is 5.92 Å². The number of rotatable bonds is 6. The van der Waals surface area contributed by atoms with E-state index in [4.69, 9.17) is 0 Å². The number of carbonyl (C=O) groups is 1. The molecule has 3 N–H and O–H groups in total. The molecule has 1 aromatic rings. The molecule has 5 nitrogen and oxygen atoms in total. The van der Waals surface area contributed by atoms with Crippen molar-refractivity contribution in [3.63, 3.8) is 0 Å². The molecule has 0 aliphatic heterocycles. The highest BCUT2D eigenvalue weighted by Crippen LogP contribution is 2.16. The summed E-state index contributed by atoms with van der Waals surface area (Å²) < 4.78 is 0. The molecule has 1 aromatic heterocycles. The van der Waals surface area contributed by atoms with Crippen LogP contribution in [0.2, 0.25) is 0 Å². The molecular weight excluding hydrogens is 274 g/mol. The van der Waals surface area contributed by atoms with Gasteiger partial charge in [-0.1, -0.05) is 13.8 Å². The van der Waals surface area contributed by atoms with E-state index in [1.54, 1.807) is 18.3 Å². The van der Waals surface area contributed by atoms with Gasteiger partial charge >= 0.3 is 6.03 Å². The second-order valence-corrected chi connectivity index (χ2v) is 6.91. The molecule has 0 spiro atoms. The van der Waals surface area contributed by atoms with E-state index in [1.165, 1.54) is 4.88 Å². The average Bonchev–Trinajstić information content (AvgIpc) is 2.66. The minimum Gasteiger partial charge on any atom is -0.388 e. The minimum absolute atomic E-state index is 0.0871. The summed E-state index contributed by atoms with van der Waals surface area (Å²) in [6.07, 6.45) is 0.730. The quantitative estimate of drug-likeness (QED) is 0.752. The average molecular weight is 299 g/mol. The Morgan fingerprint density at radius 3 is 2.55 bits per heavy atom. The number of thiazole rings is 1. The van der Waals surface area contributed by atoms with Crippen LogP contribution in [0.25, 0.3) is 0 Å². The molecule has 0 saturated carbocycles. The number of carbonyl (C=O) groups excluding carboxylic acids is 1. The summed E-state index contributed by atoms with van der Waals surface area (Å²) in [5.74, 6) is 0.0871. The molecule has 0 bridgehead atoms. The first-order chi connectivity index (χ1) is 9.22. The summed E-state index contributed by atoms with van der Waals surface area (Å²) in [5, 5.41) is 16.5. The molecular formula is C14H25N3O2S. The van der Waals surface area contributed by atoms with E-state index in [0.717, 1.165) is 17.1 Å². The summed E-state index contributed by atoms with van der Waals surface area (Å²) in [7, 11) is 0. The van der Waals surface area contributed by atoms with E-state index in [1.807, 2.05) is 27.7 Å². The van der Waals surface area contributed by atoms with Crippen molar-refractivity contribution in [1.29, 1.82) is 0 Å². The molecule has 114 valence electrons. The molecule has 1 heterocycles. The predicted molar refractivity (Wildman–Crippen MR) is 82.2 cm³/mol. The highest BCUT2D eigenvalue weighted by molar-refractivity contribution is 7.11. The standard InChI is InChI=1S/C14H25N3O2S/c1-9(2)14(5,19)8-16-13(18)15-7-6-12-17-10(3)11(4)20-12/h9,19H,6-8H2,1-5H3,(H2,15,16,18). The van der Waals surface area contributed by atoms with Gasteiger partial charge in [0.25, 0.3) is 0 Å². The van der Waals surface area contributed by atoms with E-state index in [0.29, 0.717) is 6.54 Å². The van der Waals surface area contributed by atoms with Gasteiger partial charge in [0, 0.05) is 24.4 Å². The molecule has 0 aliphatic rings. The fourth-order valence-electron chi connectivity index (χ4n) is 1.45. The first kappa shape index (κ1) is 16.9. The Kier molecular flexibility index (Phi) is 5.95. The summed E-state index contributed by atoms with van der Waals surface area (Å²) in [4.78, 5) is 17.3. The van der Waals surface area contributed by atoms with Crippen LogP contribution in [0.3, 0.4) is 0 Å². The molecule has 1 atom stereocenters. The Labute approximate surface area is 124 Å². The Bertz CT molecular complexity index is 436. The monoisotopic (exact) mass is 299 g/mol. The summed E-state index contributed by atoms with van der Waals surface area (Å²) >= 11 is 1.66. The number of nitrogens with one attached hydrogen (secondary N) is 2. The van der Waals surface area contributed by atoms with Crippen LogP contribution in [0.15, 0.2) is 0 Å². The van der Waals surface area contributed by atoms with Crippen LogP contribution in [0.5, 0.6) is 0 Å². The molecule has 0 aromatic carbocycles. The molecule has 2 amide bonds. The van der Waals surface area contributed by atoms with Crippen molar-refractivity contribution < 1.29 is 9.90 Å². The molecule has 0 saturated heterocycles. The van der Waals surface area contributed by atoms with Crippen molar-refractivity contribution in [2.45, 2.75) is 46.6 Å². The molecule has 1 rings (SSSR count). The minimum atomic E-state index is -0.888. The zero-order valence-electron chi connectivity index (χ0n) is 12.9. The van der Waals surface area contributed by atoms with E-state index in [9.17, 15) is 9.90 Å². The van der Waals surface area contributed by atoms with E-state index >= 15 is 0 Å². The number of urea groups is 1. The largest absolute Gasteiger partial charge is 0.388 e. The summed E-state index contributed by atoms with van der Waals surface area (Å²) in [6, 6.07) is -0.254. The van der Waals surface area contributed by atoms with Crippen molar-refractivity contribution in [3.05, 3.63) is 15.6 Å². The normalized spacial score (nSPS) is 14.2. The van der Waals surface area contributed by atoms with Crippen molar-refractivity contribution in [3.8, 4) is 0 Å². The number of aliphatic hydroxyl groups is 1. The first-order valence-electron chi connectivity index (χ1n) is 6.89. The smallest absolute Gasteiger partial charge is 0.314 e. The number of hydrogen-bond acceptors (Lipinski definition) is 4. The number of nitrogens with zero attached hydrogens (tertiary/aromatic N) is 1. The van der Waals surface area contributed by atoms with Gasteiger partial charge in [-0.3, -0.25) is 0 Å². The van der Waals surface area contributed by atoms with Gasteiger partial charge in [-0.05, 0) is 26.7 Å². The van der Waals surface area contributed by atoms with Gasteiger partial charge < -0.3 is 15.7 Å². The lowest BCUT2D eigenvalue weighted by Crippen LogP contribution is -2.47. The second kappa shape index (κ2) is 7.04. The van der Waals surface area contributed by atoms with Gasteiger partial charge in [0.05, 0.1) is 16.3 Å². The van der Waals surface area contributed by atoms with Crippen molar-refractivity contribution >= 4 is 17.4 Å².